The summed E-state index contributed by atoms with van der Waals surface area (Å²) in [6, 6.07) is 15.8. The standard InChI is InChI=1S/C24H25FN4O3S/c1-16(23(31)26-17-9-5-6-10-17)32-21(30)15-33-24-28-27-22(19-13-7-8-14-20(19)25)29(24)18-11-3-2-4-12-18/h2-4,7-8,11-14,16-17H,5-6,9-10,15H2,1H3,(H,26,31). The molecule has 0 saturated heterocycles. The molecule has 1 aliphatic rings. The minimum Gasteiger partial charge on any atom is -0.452 e. The fraction of sp³-hybridized carbons (Fsp3) is 0.333. The zero-order valence-corrected chi connectivity index (χ0v) is 19.1. The molecule has 0 bridgehead atoms. The molecular weight excluding hydrogens is 443 g/mol. The van der Waals surface area contributed by atoms with Gasteiger partial charge in [0.15, 0.2) is 17.1 Å². The third kappa shape index (κ3) is 5.60. The lowest BCUT2D eigenvalue weighted by Crippen LogP contribution is -2.41. The fourth-order valence-electron chi connectivity index (χ4n) is 3.79. The maximum Gasteiger partial charge on any atom is 0.317 e. The second-order valence-electron chi connectivity index (χ2n) is 7.87. The van der Waals surface area contributed by atoms with Crippen LogP contribution in [0.4, 0.5) is 4.39 Å². The van der Waals surface area contributed by atoms with Crippen molar-refractivity contribution in [3.05, 3.63) is 60.4 Å². The van der Waals surface area contributed by atoms with E-state index < -0.39 is 17.9 Å². The third-order valence-electron chi connectivity index (χ3n) is 5.46. The van der Waals surface area contributed by atoms with Crippen LogP contribution in [0.1, 0.15) is 32.6 Å². The van der Waals surface area contributed by atoms with E-state index in [-0.39, 0.29) is 17.7 Å². The first-order valence-corrected chi connectivity index (χ1v) is 11.9. The van der Waals surface area contributed by atoms with E-state index in [2.05, 4.69) is 15.5 Å². The minimum atomic E-state index is -0.875. The highest BCUT2D eigenvalue weighted by atomic mass is 32.2. The molecule has 0 spiro atoms. The van der Waals surface area contributed by atoms with Crippen molar-refractivity contribution in [1.82, 2.24) is 20.1 Å². The van der Waals surface area contributed by atoms with Crippen molar-refractivity contribution in [2.24, 2.45) is 0 Å². The molecule has 2 aromatic carbocycles. The Bertz CT molecular complexity index is 1120. The molecule has 1 aromatic heterocycles. The number of rotatable bonds is 8. The number of nitrogens with zero attached hydrogens (tertiary/aromatic N) is 3. The van der Waals surface area contributed by atoms with Crippen molar-refractivity contribution in [3.63, 3.8) is 0 Å². The Morgan fingerprint density at radius 1 is 1.12 bits per heavy atom. The first-order valence-electron chi connectivity index (χ1n) is 10.9. The van der Waals surface area contributed by atoms with Crippen molar-refractivity contribution in [1.29, 1.82) is 0 Å². The fourth-order valence-corrected chi connectivity index (χ4v) is 4.52. The maximum absolute atomic E-state index is 14.5. The summed E-state index contributed by atoms with van der Waals surface area (Å²) < 4.78 is 21.5. The number of aromatic nitrogens is 3. The van der Waals surface area contributed by atoms with Crippen LogP contribution in [0.2, 0.25) is 0 Å². The van der Waals surface area contributed by atoms with E-state index >= 15 is 0 Å². The van der Waals surface area contributed by atoms with Crippen LogP contribution in [0.5, 0.6) is 0 Å². The van der Waals surface area contributed by atoms with E-state index in [0.29, 0.717) is 16.5 Å². The number of esters is 1. The number of hydrogen-bond donors (Lipinski definition) is 1. The lowest BCUT2D eigenvalue weighted by atomic mass is 10.2. The van der Waals surface area contributed by atoms with Gasteiger partial charge in [0.1, 0.15) is 5.82 Å². The lowest BCUT2D eigenvalue weighted by Gasteiger charge is -2.17. The summed E-state index contributed by atoms with van der Waals surface area (Å²) >= 11 is 1.12. The Balaban J connectivity index is 1.46. The van der Waals surface area contributed by atoms with Gasteiger partial charge < -0.3 is 10.1 Å². The number of carbonyl (C=O) groups is 2. The number of carbonyl (C=O) groups excluding carboxylic acids is 2. The summed E-state index contributed by atoms with van der Waals surface area (Å²) in [6.45, 7) is 1.57. The second-order valence-corrected chi connectivity index (χ2v) is 8.81. The summed E-state index contributed by atoms with van der Waals surface area (Å²) in [7, 11) is 0. The SMILES string of the molecule is CC(OC(=O)CSc1nnc(-c2ccccc2F)n1-c1ccccc1)C(=O)NC1CCCC1. The molecule has 1 aliphatic carbocycles. The van der Waals surface area contributed by atoms with Gasteiger partial charge in [-0.1, -0.05) is 54.9 Å². The van der Waals surface area contributed by atoms with Gasteiger partial charge in [-0.2, -0.15) is 0 Å². The molecule has 1 atom stereocenters. The van der Waals surface area contributed by atoms with Crippen LogP contribution in [-0.4, -0.2) is 44.5 Å². The molecule has 172 valence electrons. The van der Waals surface area contributed by atoms with E-state index in [0.717, 1.165) is 43.1 Å². The largest absolute Gasteiger partial charge is 0.452 e. The molecule has 4 rings (SSSR count). The summed E-state index contributed by atoms with van der Waals surface area (Å²) in [6.07, 6.45) is 3.25. The Kier molecular flexibility index (Phi) is 7.39. The quantitative estimate of drug-likeness (QED) is 0.395. The first-order chi connectivity index (χ1) is 16.0. The normalized spacial score (nSPS) is 14.7. The number of thioether (sulfide) groups is 1. The number of amides is 1. The summed E-state index contributed by atoms with van der Waals surface area (Å²) in [5, 5.41) is 11.7. The lowest BCUT2D eigenvalue weighted by molar-refractivity contribution is -0.152. The molecule has 1 N–H and O–H groups in total. The van der Waals surface area contributed by atoms with Crippen molar-refractivity contribution in [3.8, 4) is 17.1 Å². The average molecular weight is 469 g/mol. The second kappa shape index (κ2) is 10.6. The van der Waals surface area contributed by atoms with Gasteiger partial charge >= 0.3 is 5.97 Å². The molecule has 1 unspecified atom stereocenters. The monoisotopic (exact) mass is 468 g/mol. The molecule has 0 radical (unpaired) electrons. The Labute approximate surface area is 195 Å². The van der Waals surface area contributed by atoms with Crippen LogP contribution in [0.3, 0.4) is 0 Å². The van der Waals surface area contributed by atoms with Crippen molar-refractivity contribution < 1.29 is 18.7 Å². The number of hydrogen-bond acceptors (Lipinski definition) is 6. The van der Waals surface area contributed by atoms with E-state index in [4.69, 9.17) is 4.74 Å². The Morgan fingerprint density at radius 3 is 2.55 bits per heavy atom. The van der Waals surface area contributed by atoms with Crippen LogP contribution < -0.4 is 5.32 Å². The van der Waals surface area contributed by atoms with Crippen LogP contribution in [0.25, 0.3) is 17.1 Å². The molecule has 0 aliphatic heterocycles. The topological polar surface area (TPSA) is 86.1 Å². The number of ether oxygens (including phenoxy) is 1. The number of nitrogens with one attached hydrogen (secondary N) is 1. The number of para-hydroxylation sites is 1. The van der Waals surface area contributed by atoms with E-state index in [1.165, 1.54) is 6.07 Å². The minimum absolute atomic E-state index is 0.0662. The zero-order valence-electron chi connectivity index (χ0n) is 18.2. The van der Waals surface area contributed by atoms with Gasteiger partial charge in [0, 0.05) is 11.7 Å². The summed E-state index contributed by atoms with van der Waals surface area (Å²) in [5.41, 5.74) is 1.04. The van der Waals surface area contributed by atoms with Crippen molar-refractivity contribution >= 4 is 23.6 Å². The highest BCUT2D eigenvalue weighted by Gasteiger charge is 2.24. The van der Waals surface area contributed by atoms with Gasteiger partial charge in [-0.05, 0) is 44.0 Å². The molecule has 1 fully saturated rings. The van der Waals surface area contributed by atoms with Gasteiger partial charge in [-0.25, -0.2) is 4.39 Å². The van der Waals surface area contributed by atoms with Crippen molar-refractivity contribution in [2.45, 2.75) is 49.9 Å². The average Bonchev–Trinajstić information content (AvgIpc) is 3.48. The highest BCUT2D eigenvalue weighted by molar-refractivity contribution is 7.99. The predicted octanol–water partition coefficient (Wildman–Crippen LogP) is 4.16. The molecular formula is C24H25FN4O3S. The third-order valence-corrected chi connectivity index (χ3v) is 6.36. The smallest absolute Gasteiger partial charge is 0.317 e. The predicted molar refractivity (Wildman–Crippen MR) is 123 cm³/mol. The van der Waals surface area contributed by atoms with Crippen LogP contribution in [0.15, 0.2) is 59.8 Å². The van der Waals surface area contributed by atoms with Crippen LogP contribution >= 0.6 is 11.8 Å². The van der Waals surface area contributed by atoms with Gasteiger partial charge in [-0.15, -0.1) is 10.2 Å². The van der Waals surface area contributed by atoms with Gasteiger partial charge in [-0.3, -0.25) is 14.2 Å². The van der Waals surface area contributed by atoms with Gasteiger partial charge in [0.05, 0.1) is 11.3 Å². The number of halogens is 1. The number of benzene rings is 2. The van der Waals surface area contributed by atoms with E-state index in [1.807, 2.05) is 30.3 Å². The van der Waals surface area contributed by atoms with Gasteiger partial charge in [0.25, 0.3) is 5.91 Å². The van der Waals surface area contributed by atoms with E-state index in [9.17, 15) is 14.0 Å². The summed E-state index contributed by atoms with van der Waals surface area (Å²) in [4.78, 5) is 24.7. The molecule has 1 heterocycles. The molecule has 33 heavy (non-hydrogen) atoms. The zero-order chi connectivity index (χ0) is 23.2. The van der Waals surface area contributed by atoms with Crippen molar-refractivity contribution in [2.75, 3.05) is 5.75 Å². The van der Waals surface area contributed by atoms with Gasteiger partial charge in [0.2, 0.25) is 0 Å². The molecule has 1 amide bonds. The Morgan fingerprint density at radius 2 is 1.82 bits per heavy atom. The van der Waals surface area contributed by atoms with Crippen LogP contribution in [0, 0.1) is 5.82 Å². The van der Waals surface area contributed by atoms with E-state index in [1.54, 1.807) is 29.7 Å². The molecule has 9 heteroatoms. The molecule has 3 aromatic rings. The molecule has 1 saturated carbocycles. The summed E-state index contributed by atoms with van der Waals surface area (Å²) in [5.74, 6) is -0.971. The van der Waals surface area contributed by atoms with Crippen LogP contribution in [-0.2, 0) is 14.3 Å². The maximum atomic E-state index is 14.5. The highest BCUT2D eigenvalue weighted by Crippen LogP contribution is 2.29. The molecule has 7 nitrogen and oxygen atoms in total. The Hall–Kier alpha value is -3.20. The first kappa shape index (κ1) is 23.0.